The van der Waals surface area contributed by atoms with E-state index >= 15 is 0 Å². The fourth-order valence-electron chi connectivity index (χ4n) is 2.43. The van der Waals surface area contributed by atoms with E-state index in [0.717, 1.165) is 0 Å². The molecule has 0 aromatic heterocycles. The average Bonchev–Trinajstić information content (AvgIpc) is 3.19. The minimum Gasteiger partial charge on any atom is -0.454 e. The Kier molecular flexibility index (Phi) is 3.90. The van der Waals surface area contributed by atoms with Gasteiger partial charge in [-0.15, -0.1) is 0 Å². The van der Waals surface area contributed by atoms with Gasteiger partial charge in [-0.1, -0.05) is 17.9 Å². The largest absolute Gasteiger partial charge is 0.454 e. The fourth-order valence-corrected chi connectivity index (χ4v) is 2.43. The lowest BCUT2D eigenvalue weighted by Gasteiger charge is -2.30. The van der Waals surface area contributed by atoms with E-state index in [0.29, 0.717) is 11.3 Å². The molecule has 2 fully saturated rings. The molecule has 3 aliphatic rings. The third kappa shape index (κ3) is 2.60. The predicted molar refractivity (Wildman–Crippen MR) is 81.3 cm³/mol. The van der Waals surface area contributed by atoms with Crippen LogP contribution in [0.5, 0.6) is 0 Å². The average molecular weight is 312 g/mol. The van der Waals surface area contributed by atoms with E-state index in [-0.39, 0.29) is 12.2 Å². The summed E-state index contributed by atoms with van der Waals surface area (Å²) in [6, 6.07) is 0. The zero-order valence-corrected chi connectivity index (χ0v) is 13.1. The maximum Gasteiger partial charge on any atom is 0.334 e. The number of rotatable bonds is 2. The summed E-state index contributed by atoms with van der Waals surface area (Å²) < 4.78 is 22.6. The zero-order chi connectivity index (χ0) is 16.4. The van der Waals surface area contributed by atoms with Gasteiger partial charge in [-0.3, -0.25) is 0 Å². The van der Waals surface area contributed by atoms with Gasteiger partial charge >= 0.3 is 11.8 Å². The van der Waals surface area contributed by atoms with Crippen molar-refractivity contribution in [1.29, 1.82) is 0 Å². The van der Waals surface area contributed by atoms with E-state index in [1.54, 1.807) is 39.0 Å². The maximum atomic E-state index is 12.0. The molecule has 0 aromatic rings. The first kappa shape index (κ1) is 15.3. The number of allylic oxidation sites excluding steroid dienone is 2. The lowest BCUT2D eigenvalue weighted by molar-refractivity contribution is -0.226. The van der Waals surface area contributed by atoms with Crippen LogP contribution in [0.4, 0.5) is 0 Å². The Bertz CT molecular complexity index is 737. The highest BCUT2D eigenvalue weighted by atomic mass is 16.8. The number of epoxide rings is 1. The summed E-state index contributed by atoms with van der Waals surface area (Å²) in [6.45, 7) is 5.18. The van der Waals surface area contributed by atoms with Gasteiger partial charge < -0.3 is 18.9 Å². The van der Waals surface area contributed by atoms with Crippen LogP contribution in [0.2, 0.25) is 0 Å². The van der Waals surface area contributed by atoms with Crippen molar-refractivity contribution in [1.82, 2.24) is 0 Å². The Morgan fingerprint density at radius 2 is 2.26 bits per heavy atom. The lowest BCUT2D eigenvalue weighted by atomic mass is 10.1. The van der Waals surface area contributed by atoms with Crippen LogP contribution < -0.4 is 0 Å². The van der Waals surface area contributed by atoms with Crippen LogP contribution >= 0.6 is 0 Å². The second-order valence-electron chi connectivity index (χ2n) is 5.24. The number of ether oxygens (including phenoxy) is 4. The summed E-state index contributed by atoms with van der Waals surface area (Å²) in [4.78, 5) is 12.0. The Morgan fingerprint density at radius 3 is 3.00 bits per heavy atom. The molecule has 0 N–H and O–H groups in total. The fraction of sp³-hybridized carbons (Fsp3) is 0.389. The third-order valence-corrected chi connectivity index (χ3v) is 3.81. The number of esters is 1. The summed E-state index contributed by atoms with van der Waals surface area (Å²) in [6.07, 6.45) is 5.22. The van der Waals surface area contributed by atoms with Gasteiger partial charge in [0.1, 0.15) is 5.76 Å². The molecule has 0 bridgehead atoms. The highest BCUT2D eigenvalue weighted by Crippen LogP contribution is 2.53. The molecule has 4 atom stereocenters. The summed E-state index contributed by atoms with van der Waals surface area (Å²) in [7, 11) is 0. The van der Waals surface area contributed by atoms with Gasteiger partial charge in [0.15, 0.2) is 12.2 Å². The molecule has 5 nitrogen and oxygen atoms in total. The van der Waals surface area contributed by atoms with Gasteiger partial charge in [-0.05, 0) is 38.7 Å². The Hall–Kier alpha value is -2.63. The molecule has 3 heterocycles. The highest BCUT2D eigenvalue weighted by molar-refractivity contribution is 5.87. The van der Waals surface area contributed by atoms with Crippen molar-refractivity contribution in [3.05, 3.63) is 35.8 Å². The molecule has 118 valence electrons. The molecule has 0 saturated carbocycles. The molecule has 0 unspecified atom stereocenters. The van der Waals surface area contributed by atoms with Crippen LogP contribution in [0.15, 0.2) is 35.8 Å². The van der Waals surface area contributed by atoms with E-state index < -0.39 is 17.9 Å². The van der Waals surface area contributed by atoms with E-state index in [9.17, 15) is 4.79 Å². The molecule has 5 heteroatoms. The quantitative estimate of drug-likeness (QED) is 0.337. The van der Waals surface area contributed by atoms with Gasteiger partial charge in [0.05, 0.1) is 6.26 Å². The van der Waals surface area contributed by atoms with Crippen molar-refractivity contribution >= 4 is 5.97 Å². The first-order chi connectivity index (χ1) is 11.1. The van der Waals surface area contributed by atoms with Crippen LogP contribution in [0, 0.1) is 23.7 Å². The molecule has 0 radical (unpaired) electrons. The van der Waals surface area contributed by atoms with Crippen LogP contribution in [0.25, 0.3) is 0 Å². The second-order valence-corrected chi connectivity index (χ2v) is 5.24. The standard InChI is InChI=1S/C18H16O5/c1-4-6-7-8-9-13-15-16(22-15)18(23-13)14(10-11-20-18)21-17(19)12(3)5-2/h5,9-11,14-16H,1-3H3/b12-5-,13-9-/t14-,15+,16+,18+/m0/s1. The third-order valence-electron chi connectivity index (χ3n) is 3.81. The lowest BCUT2D eigenvalue weighted by Crippen LogP contribution is -2.47. The Labute approximate surface area is 134 Å². The Balaban J connectivity index is 1.76. The predicted octanol–water partition coefficient (Wildman–Crippen LogP) is 1.81. The van der Waals surface area contributed by atoms with Crippen LogP contribution in [-0.2, 0) is 23.7 Å². The van der Waals surface area contributed by atoms with Crippen molar-refractivity contribution in [2.75, 3.05) is 0 Å². The van der Waals surface area contributed by atoms with E-state index in [1.165, 1.54) is 6.26 Å². The highest BCUT2D eigenvalue weighted by Gasteiger charge is 2.72. The molecule has 0 aromatic carbocycles. The molecular formula is C18H16O5. The number of fused-ring (bicyclic) bond motifs is 2. The van der Waals surface area contributed by atoms with Crippen molar-refractivity contribution in [3.63, 3.8) is 0 Å². The topological polar surface area (TPSA) is 57.3 Å². The van der Waals surface area contributed by atoms with Gasteiger partial charge in [0.2, 0.25) is 6.10 Å². The van der Waals surface area contributed by atoms with Gasteiger partial charge in [-0.25, -0.2) is 4.79 Å². The molecule has 3 rings (SSSR count). The van der Waals surface area contributed by atoms with Gasteiger partial charge in [0, 0.05) is 11.6 Å². The van der Waals surface area contributed by atoms with Crippen molar-refractivity contribution in [2.24, 2.45) is 0 Å². The van der Waals surface area contributed by atoms with Gasteiger partial charge in [-0.2, -0.15) is 0 Å². The normalized spacial score (nSPS) is 34.7. The first-order valence-corrected chi connectivity index (χ1v) is 7.27. The molecule has 23 heavy (non-hydrogen) atoms. The van der Waals surface area contributed by atoms with Crippen LogP contribution in [0.1, 0.15) is 20.8 Å². The molecule has 0 amide bonds. The molecule has 2 saturated heterocycles. The number of carbonyl (C=O) groups excluding carboxylic acids is 1. The molecule has 1 spiro atoms. The summed E-state index contributed by atoms with van der Waals surface area (Å²) >= 11 is 0. The van der Waals surface area contributed by atoms with Crippen molar-refractivity contribution in [2.45, 2.75) is 44.9 Å². The van der Waals surface area contributed by atoms with E-state index in [1.807, 2.05) is 0 Å². The first-order valence-electron chi connectivity index (χ1n) is 7.27. The summed E-state index contributed by atoms with van der Waals surface area (Å²) in [5.41, 5.74) is 0.520. The van der Waals surface area contributed by atoms with Crippen molar-refractivity contribution < 1.29 is 23.7 Å². The van der Waals surface area contributed by atoms with Crippen molar-refractivity contribution in [3.8, 4) is 23.7 Å². The minimum atomic E-state index is -1.15. The number of hydrogen-bond donors (Lipinski definition) is 0. The molecular weight excluding hydrogens is 296 g/mol. The number of carbonyl (C=O) groups is 1. The minimum absolute atomic E-state index is 0.220. The second kappa shape index (κ2) is 5.87. The smallest absolute Gasteiger partial charge is 0.334 e. The Morgan fingerprint density at radius 1 is 1.43 bits per heavy atom. The summed E-state index contributed by atoms with van der Waals surface area (Å²) in [5.74, 6) is 9.79. The van der Waals surface area contributed by atoms with E-state index in [4.69, 9.17) is 18.9 Å². The molecule has 3 aliphatic heterocycles. The molecule has 0 aliphatic carbocycles. The summed E-state index contributed by atoms with van der Waals surface area (Å²) in [5, 5.41) is 0. The maximum absolute atomic E-state index is 12.0. The SMILES string of the molecule is CC#CC#C/C=C1\O[C@@]2(OC=C[C@@H]2OC(=O)/C(C)=C\C)[C@@H]2O[C@H]12. The monoisotopic (exact) mass is 312 g/mol. The zero-order valence-electron chi connectivity index (χ0n) is 13.1. The number of hydrogen-bond acceptors (Lipinski definition) is 5. The van der Waals surface area contributed by atoms with Crippen LogP contribution in [-0.4, -0.2) is 30.1 Å². The van der Waals surface area contributed by atoms with Gasteiger partial charge in [0.25, 0.3) is 0 Å². The van der Waals surface area contributed by atoms with E-state index in [2.05, 4.69) is 23.7 Å². The van der Waals surface area contributed by atoms with Crippen LogP contribution in [0.3, 0.4) is 0 Å².